The van der Waals surface area contributed by atoms with Crippen LogP contribution < -0.4 is 5.32 Å². The largest absolute Gasteiger partial charge is 0.465 e. The Bertz CT molecular complexity index is 706. The smallest absolute Gasteiger partial charge is 0.337 e. The first-order valence-corrected chi connectivity index (χ1v) is 6.20. The predicted octanol–water partition coefficient (Wildman–Crippen LogP) is 2.91. The molecule has 0 unspecified atom stereocenters. The van der Waals surface area contributed by atoms with Crippen LogP contribution >= 0.6 is 11.6 Å². The Morgan fingerprint density at radius 2 is 2.00 bits per heavy atom. The molecule has 0 radical (unpaired) electrons. The number of nitrogens with one attached hydrogen (secondary N) is 1. The molecule has 1 N–H and O–H groups in total. The molecule has 5 nitrogen and oxygen atoms in total. The van der Waals surface area contributed by atoms with Crippen molar-refractivity contribution in [3.8, 4) is 0 Å². The monoisotopic (exact) mass is 308 g/mol. The van der Waals surface area contributed by atoms with Crippen LogP contribution in [-0.4, -0.2) is 24.0 Å². The standard InChI is InChI=1S/C14H10ClFN2O3/c1-21-14(20)9-2-3-10(16)11(6-9)18-13(19)8-4-5-17-12(15)7-8/h2-7H,1H3,(H,18,19). The van der Waals surface area contributed by atoms with Gasteiger partial charge in [0, 0.05) is 11.8 Å². The maximum atomic E-state index is 13.7. The fourth-order valence-corrected chi connectivity index (χ4v) is 1.78. The van der Waals surface area contributed by atoms with Gasteiger partial charge < -0.3 is 10.1 Å². The molecule has 0 fully saturated rings. The highest BCUT2D eigenvalue weighted by molar-refractivity contribution is 6.29. The predicted molar refractivity (Wildman–Crippen MR) is 74.9 cm³/mol. The van der Waals surface area contributed by atoms with Gasteiger partial charge in [-0.05, 0) is 30.3 Å². The first kappa shape index (κ1) is 14.9. The van der Waals surface area contributed by atoms with E-state index in [0.29, 0.717) is 0 Å². The normalized spacial score (nSPS) is 10.0. The fourth-order valence-electron chi connectivity index (χ4n) is 1.60. The highest BCUT2D eigenvalue weighted by Gasteiger charge is 2.13. The second-order valence-electron chi connectivity index (χ2n) is 4.01. The summed E-state index contributed by atoms with van der Waals surface area (Å²) < 4.78 is 18.2. The number of benzene rings is 1. The average Bonchev–Trinajstić information content (AvgIpc) is 2.48. The van der Waals surface area contributed by atoms with Crippen LogP contribution in [0.4, 0.5) is 10.1 Å². The van der Waals surface area contributed by atoms with Gasteiger partial charge in [-0.1, -0.05) is 11.6 Å². The van der Waals surface area contributed by atoms with Crippen LogP contribution in [0.5, 0.6) is 0 Å². The second kappa shape index (κ2) is 6.32. The van der Waals surface area contributed by atoms with Crippen molar-refractivity contribution >= 4 is 29.2 Å². The minimum atomic E-state index is -0.670. The Kier molecular flexibility index (Phi) is 4.49. The minimum Gasteiger partial charge on any atom is -0.465 e. The molecule has 1 amide bonds. The van der Waals surface area contributed by atoms with Crippen LogP contribution in [0.1, 0.15) is 20.7 Å². The number of rotatable bonds is 3. The number of pyridine rings is 1. The van der Waals surface area contributed by atoms with Gasteiger partial charge in [0.2, 0.25) is 0 Å². The number of amides is 1. The number of halogens is 2. The number of esters is 1. The molecule has 108 valence electrons. The lowest BCUT2D eigenvalue weighted by atomic mass is 10.2. The Hall–Kier alpha value is -2.47. The maximum Gasteiger partial charge on any atom is 0.337 e. The van der Waals surface area contributed by atoms with Crippen molar-refractivity contribution in [3.63, 3.8) is 0 Å². The number of nitrogens with zero attached hydrogens (tertiary/aromatic N) is 1. The van der Waals surface area contributed by atoms with Crippen LogP contribution in [0.25, 0.3) is 0 Å². The molecule has 2 aromatic rings. The number of methoxy groups -OCH3 is 1. The summed E-state index contributed by atoms with van der Waals surface area (Å²) in [5.41, 5.74) is 0.218. The molecule has 0 bridgehead atoms. The summed E-state index contributed by atoms with van der Waals surface area (Å²) in [6.45, 7) is 0. The summed E-state index contributed by atoms with van der Waals surface area (Å²) in [6.07, 6.45) is 1.36. The molecule has 0 spiro atoms. The van der Waals surface area contributed by atoms with Crippen LogP contribution in [0.2, 0.25) is 5.15 Å². The Morgan fingerprint density at radius 1 is 1.24 bits per heavy atom. The third-order valence-electron chi connectivity index (χ3n) is 2.62. The summed E-state index contributed by atoms with van der Waals surface area (Å²) in [5.74, 6) is -1.87. The molecule has 1 aromatic heterocycles. The van der Waals surface area contributed by atoms with E-state index in [4.69, 9.17) is 11.6 Å². The molecule has 0 atom stereocenters. The molecule has 1 aromatic carbocycles. The Morgan fingerprint density at radius 3 is 2.67 bits per heavy atom. The van der Waals surface area contributed by atoms with E-state index in [2.05, 4.69) is 15.0 Å². The fraction of sp³-hybridized carbons (Fsp3) is 0.0714. The highest BCUT2D eigenvalue weighted by atomic mass is 35.5. The van der Waals surface area contributed by atoms with Gasteiger partial charge in [-0.25, -0.2) is 14.2 Å². The quantitative estimate of drug-likeness (QED) is 0.699. The molecule has 0 saturated heterocycles. The van der Waals surface area contributed by atoms with Crippen LogP contribution in [0, 0.1) is 5.82 Å². The first-order chi connectivity index (χ1) is 10.0. The second-order valence-corrected chi connectivity index (χ2v) is 4.39. The maximum absolute atomic E-state index is 13.7. The van der Waals surface area contributed by atoms with Gasteiger partial charge >= 0.3 is 5.97 Å². The molecule has 0 aliphatic heterocycles. The summed E-state index contributed by atoms with van der Waals surface area (Å²) in [7, 11) is 1.21. The van der Waals surface area contributed by atoms with E-state index in [9.17, 15) is 14.0 Å². The van der Waals surface area contributed by atoms with Gasteiger partial charge in [0.1, 0.15) is 11.0 Å². The summed E-state index contributed by atoms with van der Waals surface area (Å²) in [4.78, 5) is 27.1. The van der Waals surface area contributed by atoms with E-state index in [1.165, 1.54) is 37.6 Å². The van der Waals surface area contributed by atoms with E-state index in [1.807, 2.05) is 0 Å². The molecule has 0 aliphatic rings. The molecular formula is C14H10ClFN2O3. The van der Waals surface area contributed by atoms with Gasteiger partial charge in [0.25, 0.3) is 5.91 Å². The van der Waals surface area contributed by atoms with Gasteiger partial charge in [-0.2, -0.15) is 0 Å². The van der Waals surface area contributed by atoms with E-state index in [1.54, 1.807) is 0 Å². The van der Waals surface area contributed by atoms with Crippen molar-refractivity contribution in [3.05, 3.63) is 58.6 Å². The highest BCUT2D eigenvalue weighted by Crippen LogP contribution is 2.18. The zero-order valence-electron chi connectivity index (χ0n) is 10.9. The first-order valence-electron chi connectivity index (χ1n) is 5.82. The van der Waals surface area contributed by atoms with Gasteiger partial charge in [0.15, 0.2) is 0 Å². The number of ether oxygens (including phenoxy) is 1. The average molecular weight is 309 g/mol. The molecule has 0 aliphatic carbocycles. The molecular weight excluding hydrogens is 299 g/mol. The number of hydrogen-bond acceptors (Lipinski definition) is 4. The molecule has 1 heterocycles. The van der Waals surface area contributed by atoms with Crippen molar-refractivity contribution < 1.29 is 18.7 Å². The lowest BCUT2D eigenvalue weighted by Gasteiger charge is -2.08. The Balaban J connectivity index is 2.26. The van der Waals surface area contributed by atoms with Crippen LogP contribution in [-0.2, 0) is 4.74 Å². The topological polar surface area (TPSA) is 68.3 Å². The minimum absolute atomic E-state index is 0.127. The number of aromatic nitrogens is 1. The lowest BCUT2D eigenvalue weighted by Crippen LogP contribution is -2.14. The molecule has 21 heavy (non-hydrogen) atoms. The third kappa shape index (κ3) is 3.55. The zero-order chi connectivity index (χ0) is 15.4. The van der Waals surface area contributed by atoms with E-state index >= 15 is 0 Å². The summed E-state index contributed by atoms with van der Waals surface area (Å²) in [5, 5.41) is 2.51. The molecule has 2 rings (SSSR count). The van der Waals surface area contributed by atoms with E-state index in [0.717, 1.165) is 6.07 Å². The number of hydrogen-bond donors (Lipinski definition) is 1. The van der Waals surface area contributed by atoms with Crippen LogP contribution in [0.3, 0.4) is 0 Å². The van der Waals surface area contributed by atoms with Crippen molar-refractivity contribution in [2.45, 2.75) is 0 Å². The summed E-state index contributed by atoms with van der Waals surface area (Å²) in [6, 6.07) is 6.31. The number of anilines is 1. The zero-order valence-corrected chi connectivity index (χ0v) is 11.6. The summed E-state index contributed by atoms with van der Waals surface area (Å²) >= 11 is 5.68. The van der Waals surface area contributed by atoms with Crippen molar-refractivity contribution in [1.29, 1.82) is 0 Å². The molecule has 7 heteroatoms. The Labute approximate surface area is 124 Å². The molecule has 0 saturated carbocycles. The number of carbonyl (C=O) groups is 2. The van der Waals surface area contributed by atoms with Crippen molar-refractivity contribution in [1.82, 2.24) is 4.98 Å². The van der Waals surface area contributed by atoms with Gasteiger partial charge in [-0.3, -0.25) is 4.79 Å². The third-order valence-corrected chi connectivity index (χ3v) is 2.83. The van der Waals surface area contributed by atoms with Crippen LogP contribution in [0.15, 0.2) is 36.5 Å². The van der Waals surface area contributed by atoms with Gasteiger partial charge in [0.05, 0.1) is 18.4 Å². The lowest BCUT2D eigenvalue weighted by molar-refractivity contribution is 0.0600. The van der Waals surface area contributed by atoms with Crippen molar-refractivity contribution in [2.75, 3.05) is 12.4 Å². The SMILES string of the molecule is COC(=O)c1ccc(F)c(NC(=O)c2ccnc(Cl)c2)c1. The van der Waals surface area contributed by atoms with Crippen molar-refractivity contribution in [2.24, 2.45) is 0 Å². The van der Waals surface area contributed by atoms with E-state index < -0.39 is 17.7 Å². The van der Waals surface area contributed by atoms with E-state index in [-0.39, 0.29) is 22.0 Å². The van der Waals surface area contributed by atoms with Gasteiger partial charge in [-0.15, -0.1) is 0 Å². The number of carbonyl (C=O) groups excluding carboxylic acids is 2.